The molecule has 0 bridgehead atoms. The van der Waals surface area contributed by atoms with Crippen molar-refractivity contribution in [1.29, 1.82) is 0 Å². The summed E-state index contributed by atoms with van der Waals surface area (Å²) >= 11 is 1.67. The van der Waals surface area contributed by atoms with Gasteiger partial charge in [-0.1, -0.05) is 30.3 Å². The molecular weight excluding hydrogens is 354 g/mol. The molecule has 2 aromatic heterocycles. The van der Waals surface area contributed by atoms with E-state index in [1.165, 1.54) is 33.7 Å². The molecule has 2 aliphatic carbocycles. The number of nitrogens with zero attached hydrogens (tertiary/aromatic N) is 2. The Kier molecular flexibility index (Phi) is 4.32. The van der Waals surface area contributed by atoms with E-state index in [-0.39, 0.29) is 11.9 Å². The summed E-state index contributed by atoms with van der Waals surface area (Å²) < 4.78 is 2.10. The van der Waals surface area contributed by atoms with Crippen LogP contribution in [-0.4, -0.2) is 15.7 Å². The van der Waals surface area contributed by atoms with Gasteiger partial charge in [0.05, 0.1) is 23.7 Å². The first-order valence-corrected chi connectivity index (χ1v) is 10.6. The lowest BCUT2D eigenvalue weighted by atomic mass is 9.93. The van der Waals surface area contributed by atoms with Gasteiger partial charge in [-0.05, 0) is 55.7 Å². The summed E-state index contributed by atoms with van der Waals surface area (Å²) in [6.07, 6.45) is 8.54. The average molecular weight is 378 g/mol. The summed E-state index contributed by atoms with van der Waals surface area (Å²) in [6, 6.07) is 12.6. The highest BCUT2D eigenvalue weighted by Gasteiger charge is 2.27. The smallest absolute Gasteiger partial charge is 0.261 e. The molecule has 0 unspecified atom stereocenters. The number of aromatic nitrogens is 2. The van der Waals surface area contributed by atoms with E-state index in [1.54, 1.807) is 11.3 Å². The molecule has 0 aliphatic heterocycles. The largest absolute Gasteiger partial charge is 0.344 e. The minimum Gasteiger partial charge on any atom is -0.344 e. The van der Waals surface area contributed by atoms with E-state index in [9.17, 15) is 4.79 Å². The fourth-order valence-corrected chi connectivity index (χ4v) is 5.49. The maximum absolute atomic E-state index is 12.8. The first-order chi connectivity index (χ1) is 13.3. The van der Waals surface area contributed by atoms with Gasteiger partial charge >= 0.3 is 0 Å². The number of benzene rings is 1. The quantitative estimate of drug-likeness (QED) is 0.737. The SMILES string of the molecule is O=C(N[C@H]1CCCc2c1cnn2Cc1ccccc1)c1cc2c(s1)CCC2. The molecule has 27 heavy (non-hydrogen) atoms. The fourth-order valence-electron chi connectivity index (χ4n) is 4.33. The van der Waals surface area contributed by atoms with Crippen LogP contribution in [0.15, 0.2) is 42.6 Å². The van der Waals surface area contributed by atoms with Gasteiger partial charge in [0, 0.05) is 16.1 Å². The maximum Gasteiger partial charge on any atom is 0.261 e. The second kappa shape index (κ2) is 6.97. The van der Waals surface area contributed by atoms with Crippen LogP contribution in [0.3, 0.4) is 0 Å². The van der Waals surface area contributed by atoms with Crippen molar-refractivity contribution in [1.82, 2.24) is 15.1 Å². The Labute approximate surface area is 163 Å². The van der Waals surface area contributed by atoms with Gasteiger partial charge in [0.2, 0.25) is 0 Å². The van der Waals surface area contributed by atoms with Crippen molar-refractivity contribution >= 4 is 17.2 Å². The van der Waals surface area contributed by atoms with Crippen molar-refractivity contribution in [3.8, 4) is 0 Å². The zero-order chi connectivity index (χ0) is 18.2. The molecule has 1 N–H and O–H groups in total. The number of amides is 1. The summed E-state index contributed by atoms with van der Waals surface area (Å²) in [5, 5.41) is 7.91. The summed E-state index contributed by atoms with van der Waals surface area (Å²) in [4.78, 5) is 15.1. The third-order valence-corrected chi connectivity index (χ3v) is 6.95. The number of carbonyl (C=O) groups is 1. The standard InChI is InChI=1S/C22H23N3OS/c26-22(21-12-16-8-4-11-20(16)27-21)24-18-9-5-10-19-17(18)13-23-25(19)14-15-6-2-1-3-7-15/h1-3,6-7,12-13,18H,4-5,8-11,14H2,(H,24,26)/t18-/m0/s1. The van der Waals surface area contributed by atoms with Gasteiger partial charge in [-0.3, -0.25) is 9.48 Å². The molecule has 0 saturated carbocycles. The van der Waals surface area contributed by atoms with Crippen molar-refractivity contribution in [2.45, 2.75) is 51.1 Å². The molecule has 1 atom stereocenters. The molecule has 0 fully saturated rings. The fraction of sp³-hybridized carbons (Fsp3) is 0.364. The number of hydrogen-bond acceptors (Lipinski definition) is 3. The molecule has 3 aromatic rings. The van der Waals surface area contributed by atoms with E-state index < -0.39 is 0 Å². The van der Waals surface area contributed by atoms with E-state index in [0.717, 1.165) is 43.5 Å². The number of fused-ring (bicyclic) bond motifs is 2. The molecule has 1 aromatic carbocycles. The van der Waals surface area contributed by atoms with Crippen molar-refractivity contribution in [3.63, 3.8) is 0 Å². The molecule has 0 spiro atoms. The predicted octanol–water partition coefficient (Wildman–Crippen LogP) is 4.29. The Morgan fingerprint density at radius 3 is 2.93 bits per heavy atom. The Morgan fingerprint density at radius 2 is 2.07 bits per heavy atom. The van der Waals surface area contributed by atoms with Gasteiger partial charge in [0.15, 0.2) is 0 Å². The van der Waals surface area contributed by atoms with Gasteiger partial charge in [0.25, 0.3) is 5.91 Å². The monoisotopic (exact) mass is 377 g/mol. The van der Waals surface area contributed by atoms with E-state index in [1.807, 2.05) is 12.3 Å². The summed E-state index contributed by atoms with van der Waals surface area (Å²) in [5.74, 6) is 0.0723. The van der Waals surface area contributed by atoms with Crippen LogP contribution in [-0.2, 0) is 25.8 Å². The van der Waals surface area contributed by atoms with Crippen LogP contribution in [0.1, 0.15) is 62.2 Å². The lowest BCUT2D eigenvalue weighted by molar-refractivity contribution is 0.0936. The number of aryl methyl sites for hydroxylation is 2. The third-order valence-electron chi connectivity index (χ3n) is 5.71. The summed E-state index contributed by atoms with van der Waals surface area (Å²) in [7, 11) is 0. The molecule has 5 heteroatoms. The van der Waals surface area contributed by atoms with Gasteiger partial charge in [-0.15, -0.1) is 11.3 Å². The first kappa shape index (κ1) is 16.8. The van der Waals surface area contributed by atoms with Crippen LogP contribution in [0.4, 0.5) is 0 Å². The maximum atomic E-state index is 12.8. The molecule has 1 amide bonds. The number of rotatable bonds is 4. The van der Waals surface area contributed by atoms with Gasteiger partial charge in [-0.2, -0.15) is 5.10 Å². The number of hydrogen-bond donors (Lipinski definition) is 1. The van der Waals surface area contributed by atoms with Crippen LogP contribution in [0.2, 0.25) is 0 Å². The second-order valence-corrected chi connectivity index (χ2v) is 8.66. The zero-order valence-corrected chi connectivity index (χ0v) is 16.1. The Hall–Kier alpha value is -2.40. The minimum atomic E-state index is 0.0720. The van der Waals surface area contributed by atoms with Crippen LogP contribution in [0.25, 0.3) is 0 Å². The van der Waals surface area contributed by atoms with Crippen molar-refractivity contribution in [2.24, 2.45) is 0 Å². The van der Waals surface area contributed by atoms with E-state index >= 15 is 0 Å². The van der Waals surface area contributed by atoms with Crippen molar-refractivity contribution < 1.29 is 4.79 Å². The highest BCUT2D eigenvalue weighted by Crippen LogP contribution is 2.33. The molecule has 5 rings (SSSR count). The van der Waals surface area contributed by atoms with Crippen molar-refractivity contribution in [2.75, 3.05) is 0 Å². The Balaban J connectivity index is 1.34. The predicted molar refractivity (Wildman–Crippen MR) is 107 cm³/mol. The minimum absolute atomic E-state index is 0.0720. The normalized spacial score (nSPS) is 18.1. The first-order valence-electron chi connectivity index (χ1n) is 9.79. The molecule has 4 nitrogen and oxygen atoms in total. The van der Waals surface area contributed by atoms with Crippen molar-refractivity contribution in [3.05, 3.63) is 74.7 Å². The highest BCUT2D eigenvalue weighted by atomic mass is 32.1. The van der Waals surface area contributed by atoms with Crippen LogP contribution in [0, 0.1) is 0 Å². The van der Waals surface area contributed by atoms with Gasteiger partial charge in [-0.25, -0.2) is 0 Å². The highest BCUT2D eigenvalue weighted by molar-refractivity contribution is 7.14. The molecule has 138 valence electrons. The third kappa shape index (κ3) is 3.21. The molecule has 2 heterocycles. The lowest BCUT2D eigenvalue weighted by Gasteiger charge is -2.24. The number of carbonyl (C=O) groups excluding carboxylic acids is 1. The van der Waals surface area contributed by atoms with Crippen LogP contribution < -0.4 is 5.32 Å². The molecule has 0 radical (unpaired) electrons. The lowest BCUT2D eigenvalue weighted by Crippen LogP contribution is -2.30. The number of nitrogens with one attached hydrogen (secondary N) is 1. The second-order valence-electron chi connectivity index (χ2n) is 7.52. The molecule has 2 aliphatic rings. The van der Waals surface area contributed by atoms with E-state index in [0.29, 0.717) is 0 Å². The van der Waals surface area contributed by atoms with Crippen LogP contribution in [0.5, 0.6) is 0 Å². The van der Waals surface area contributed by atoms with Gasteiger partial charge in [0.1, 0.15) is 0 Å². The Bertz CT molecular complexity index is 951. The van der Waals surface area contributed by atoms with E-state index in [2.05, 4.69) is 45.4 Å². The average Bonchev–Trinajstić information content (AvgIpc) is 3.38. The Morgan fingerprint density at radius 1 is 1.19 bits per heavy atom. The summed E-state index contributed by atoms with van der Waals surface area (Å²) in [6.45, 7) is 0.786. The summed E-state index contributed by atoms with van der Waals surface area (Å²) in [5.41, 5.74) is 5.09. The van der Waals surface area contributed by atoms with Gasteiger partial charge < -0.3 is 5.32 Å². The zero-order valence-electron chi connectivity index (χ0n) is 15.3. The topological polar surface area (TPSA) is 46.9 Å². The molecule has 0 saturated heterocycles. The van der Waals surface area contributed by atoms with E-state index in [4.69, 9.17) is 0 Å². The number of thiophene rings is 1. The van der Waals surface area contributed by atoms with Crippen LogP contribution >= 0.6 is 11.3 Å². The molecular formula is C22H23N3OS.